The molecule has 244 valence electrons. The Morgan fingerprint density at radius 3 is 1.69 bits per heavy atom. The second kappa shape index (κ2) is 12.7. The predicted octanol–water partition coefficient (Wildman–Crippen LogP) is 14.8. The number of thiophene rings is 1. The van der Waals surface area contributed by atoms with Crippen molar-refractivity contribution in [3.8, 4) is 33.4 Å². The molecule has 0 amide bonds. The van der Waals surface area contributed by atoms with E-state index in [1.165, 1.54) is 75.1 Å². The third-order valence-corrected chi connectivity index (χ3v) is 11.4. The molecule has 9 aromatic carbocycles. The van der Waals surface area contributed by atoms with E-state index < -0.39 is 0 Å². The molecule has 0 unspecified atom stereocenters. The van der Waals surface area contributed by atoms with E-state index in [-0.39, 0.29) is 0 Å². The van der Waals surface area contributed by atoms with Crippen molar-refractivity contribution in [1.82, 2.24) is 0 Å². The van der Waals surface area contributed by atoms with Crippen molar-refractivity contribution in [2.24, 2.45) is 0 Å². The second-order valence-corrected chi connectivity index (χ2v) is 14.4. The van der Waals surface area contributed by atoms with Crippen molar-refractivity contribution in [1.29, 1.82) is 0 Å². The van der Waals surface area contributed by atoms with Gasteiger partial charge >= 0.3 is 0 Å². The summed E-state index contributed by atoms with van der Waals surface area (Å²) < 4.78 is 2.58. The molecule has 52 heavy (non-hydrogen) atoms. The van der Waals surface area contributed by atoms with Crippen LogP contribution in [0, 0.1) is 0 Å². The molecule has 0 saturated carbocycles. The second-order valence-electron chi connectivity index (χ2n) is 13.3. The van der Waals surface area contributed by atoms with Crippen LogP contribution in [0.25, 0.3) is 75.1 Å². The van der Waals surface area contributed by atoms with Crippen molar-refractivity contribution in [2.45, 2.75) is 0 Å². The molecular weight excluding hydrogens is 647 g/mol. The Balaban J connectivity index is 1.16. The summed E-state index contributed by atoms with van der Waals surface area (Å²) in [5, 5.41) is 7.62. The van der Waals surface area contributed by atoms with Crippen LogP contribution in [0.2, 0.25) is 0 Å². The predicted molar refractivity (Wildman–Crippen MR) is 225 cm³/mol. The lowest BCUT2D eigenvalue weighted by Gasteiger charge is -2.28. The molecule has 0 fully saturated rings. The zero-order valence-corrected chi connectivity index (χ0v) is 29.2. The standard InChI is InChI=1S/C50H33NS/c1-2-12-37(13-3-1)46-32-47-45-18-8-9-20-49(45)52-50(47)33-48(46)51(41-27-23-35(24-28-41)40-22-21-34-11-4-5-15-39(34)31-40)42-29-25-38(26-30-42)44-19-10-16-36-14-6-7-17-43(36)44/h1-33H. The van der Waals surface area contributed by atoms with E-state index in [0.29, 0.717) is 0 Å². The molecule has 0 atom stereocenters. The van der Waals surface area contributed by atoms with E-state index in [0.717, 1.165) is 17.1 Å². The molecule has 0 aliphatic carbocycles. The third kappa shape index (κ3) is 5.33. The lowest BCUT2D eigenvalue weighted by molar-refractivity contribution is 1.29. The normalized spacial score (nSPS) is 11.5. The van der Waals surface area contributed by atoms with E-state index in [9.17, 15) is 0 Å². The Morgan fingerprint density at radius 2 is 0.904 bits per heavy atom. The first-order valence-electron chi connectivity index (χ1n) is 17.8. The number of nitrogens with zero attached hydrogens (tertiary/aromatic N) is 1. The minimum Gasteiger partial charge on any atom is -0.310 e. The van der Waals surface area contributed by atoms with Gasteiger partial charge in [-0.25, -0.2) is 0 Å². The molecule has 0 spiro atoms. The Hall–Kier alpha value is -6.48. The SMILES string of the molecule is c1ccc(-c2cc3c(cc2N(c2ccc(-c4ccc5ccccc5c4)cc2)c2ccc(-c4cccc5ccccc45)cc2)sc2ccccc23)cc1. The number of rotatable bonds is 6. The minimum atomic E-state index is 1.11. The smallest absolute Gasteiger partial charge is 0.0554 e. The van der Waals surface area contributed by atoms with Gasteiger partial charge in [-0.1, -0.05) is 152 Å². The van der Waals surface area contributed by atoms with Gasteiger partial charge < -0.3 is 4.90 Å². The number of fused-ring (bicyclic) bond motifs is 5. The molecule has 0 N–H and O–H groups in total. The summed E-state index contributed by atoms with van der Waals surface area (Å²) in [6.45, 7) is 0. The summed E-state index contributed by atoms with van der Waals surface area (Å²) in [5.74, 6) is 0. The van der Waals surface area contributed by atoms with E-state index >= 15 is 0 Å². The van der Waals surface area contributed by atoms with Gasteiger partial charge in [0.05, 0.1) is 5.69 Å². The molecular formula is C50H33NS. The summed E-state index contributed by atoms with van der Waals surface area (Å²) in [7, 11) is 0. The van der Waals surface area contributed by atoms with Crippen LogP contribution in [0.3, 0.4) is 0 Å². The molecule has 1 nitrogen and oxygen atoms in total. The van der Waals surface area contributed by atoms with Crippen LogP contribution >= 0.6 is 11.3 Å². The van der Waals surface area contributed by atoms with Crippen LogP contribution in [-0.2, 0) is 0 Å². The van der Waals surface area contributed by atoms with Gasteiger partial charge in [-0.2, -0.15) is 0 Å². The highest BCUT2D eigenvalue weighted by Crippen LogP contribution is 2.46. The fraction of sp³-hybridized carbons (Fsp3) is 0. The zero-order valence-electron chi connectivity index (χ0n) is 28.4. The quantitative estimate of drug-likeness (QED) is 0.169. The van der Waals surface area contributed by atoms with Gasteiger partial charge in [-0.15, -0.1) is 11.3 Å². The van der Waals surface area contributed by atoms with Crippen molar-refractivity contribution in [3.63, 3.8) is 0 Å². The maximum absolute atomic E-state index is 2.43. The van der Waals surface area contributed by atoms with Crippen molar-refractivity contribution in [2.75, 3.05) is 4.90 Å². The van der Waals surface area contributed by atoms with E-state index in [1.54, 1.807) is 0 Å². The monoisotopic (exact) mass is 679 g/mol. The molecule has 10 aromatic rings. The fourth-order valence-corrected chi connectivity index (χ4v) is 8.78. The Labute approximate surface area is 307 Å². The highest BCUT2D eigenvalue weighted by Gasteiger charge is 2.20. The van der Waals surface area contributed by atoms with Gasteiger partial charge in [0.2, 0.25) is 0 Å². The summed E-state index contributed by atoms with van der Waals surface area (Å²) >= 11 is 1.86. The first-order chi connectivity index (χ1) is 25.8. The summed E-state index contributed by atoms with van der Waals surface area (Å²) in [4.78, 5) is 2.43. The molecule has 0 bridgehead atoms. The maximum Gasteiger partial charge on any atom is 0.0554 e. The molecule has 0 saturated heterocycles. The van der Waals surface area contributed by atoms with Crippen LogP contribution in [0.15, 0.2) is 200 Å². The van der Waals surface area contributed by atoms with Crippen molar-refractivity contribution >= 4 is 70.1 Å². The highest BCUT2D eigenvalue weighted by molar-refractivity contribution is 7.25. The molecule has 1 aromatic heterocycles. The first kappa shape index (κ1) is 30.4. The van der Waals surface area contributed by atoms with Crippen LogP contribution < -0.4 is 4.90 Å². The van der Waals surface area contributed by atoms with Crippen molar-refractivity contribution in [3.05, 3.63) is 200 Å². The average Bonchev–Trinajstić information content (AvgIpc) is 3.59. The summed E-state index contributed by atoms with van der Waals surface area (Å²) in [5.41, 5.74) is 10.6. The van der Waals surface area contributed by atoms with Gasteiger partial charge in [0, 0.05) is 37.1 Å². The largest absolute Gasteiger partial charge is 0.310 e. The number of benzene rings is 9. The van der Waals surface area contributed by atoms with Gasteiger partial charge in [-0.3, -0.25) is 0 Å². The minimum absolute atomic E-state index is 1.11. The van der Waals surface area contributed by atoms with Crippen LogP contribution in [0.4, 0.5) is 17.1 Å². The Kier molecular flexibility index (Phi) is 7.41. The van der Waals surface area contributed by atoms with Gasteiger partial charge in [-0.05, 0) is 97.9 Å². The summed E-state index contributed by atoms with van der Waals surface area (Å²) in [6, 6.07) is 73.0. The van der Waals surface area contributed by atoms with E-state index in [2.05, 4.69) is 205 Å². The number of anilines is 3. The fourth-order valence-electron chi connectivity index (χ4n) is 7.66. The van der Waals surface area contributed by atoms with Crippen molar-refractivity contribution < 1.29 is 0 Å². The number of hydrogen-bond acceptors (Lipinski definition) is 2. The molecule has 0 aliphatic rings. The van der Waals surface area contributed by atoms with Gasteiger partial charge in [0.25, 0.3) is 0 Å². The Morgan fingerprint density at radius 1 is 0.308 bits per heavy atom. The number of hydrogen-bond donors (Lipinski definition) is 0. The summed E-state index contributed by atoms with van der Waals surface area (Å²) in [6.07, 6.45) is 0. The van der Waals surface area contributed by atoms with Crippen LogP contribution in [0.5, 0.6) is 0 Å². The van der Waals surface area contributed by atoms with E-state index in [1.807, 2.05) is 11.3 Å². The lowest BCUT2D eigenvalue weighted by atomic mass is 9.97. The van der Waals surface area contributed by atoms with Gasteiger partial charge in [0.15, 0.2) is 0 Å². The molecule has 10 rings (SSSR count). The topological polar surface area (TPSA) is 3.24 Å². The van der Waals surface area contributed by atoms with Crippen LogP contribution in [0.1, 0.15) is 0 Å². The first-order valence-corrected chi connectivity index (χ1v) is 18.6. The maximum atomic E-state index is 2.43. The van der Waals surface area contributed by atoms with E-state index in [4.69, 9.17) is 0 Å². The molecule has 0 aliphatic heterocycles. The Bertz CT molecular complexity index is 2880. The lowest BCUT2D eigenvalue weighted by Crippen LogP contribution is -2.11. The molecule has 1 heterocycles. The third-order valence-electron chi connectivity index (χ3n) is 10.3. The molecule has 2 heteroatoms. The molecule has 0 radical (unpaired) electrons. The van der Waals surface area contributed by atoms with Crippen LogP contribution in [-0.4, -0.2) is 0 Å². The average molecular weight is 680 g/mol. The van der Waals surface area contributed by atoms with Gasteiger partial charge in [0.1, 0.15) is 0 Å². The zero-order chi connectivity index (χ0) is 34.4. The highest BCUT2D eigenvalue weighted by atomic mass is 32.1.